The topological polar surface area (TPSA) is 52.6 Å². The SMILES string of the molecule is O=C(CCC(=O)Oc1c(F)cccc1Cl)OCC(F)(F)C(F)C(F)(F)F. The van der Waals surface area contributed by atoms with Gasteiger partial charge in [0, 0.05) is 0 Å². The number of hydrogen-bond donors (Lipinski definition) is 0. The predicted molar refractivity (Wildman–Crippen MR) is 73.1 cm³/mol. The number of halogens is 8. The molecule has 0 spiro atoms. The van der Waals surface area contributed by atoms with Crippen molar-refractivity contribution in [3.8, 4) is 5.75 Å². The Kier molecular flexibility index (Phi) is 7.25. The first-order valence-electron chi connectivity index (χ1n) is 6.73. The van der Waals surface area contributed by atoms with Crippen LogP contribution in [0.15, 0.2) is 18.2 Å². The molecule has 146 valence electrons. The van der Waals surface area contributed by atoms with E-state index in [-0.39, 0.29) is 5.02 Å². The Labute approximate surface area is 146 Å². The third-order valence-corrected chi connectivity index (χ3v) is 3.05. The molecule has 0 fully saturated rings. The van der Waals surface area contributed by atoms with Crippen LogP contribution in [0.2, 0.25) is 5.02 Å². The minimum atomic E-state index is -5.83. The lowest BCUT2D eigenvalue weighted by molar-refractivity contribution is -0.254. The van der Waals surface area contributed by atoms with Crippen LogP contribution in [0.4, 0.5) is 30.7 Å². The maximum absolute atomic E-state index is 13.4. The molecule has 0 heterocycles. The normalized spacial score (nSPS) is 13.2. The summed E-state index contributed by atoms with van der Waals surface area (Å²) in [6.45, 7) is -2.17. The van der Waals surface area contributed by atoms with Crippen molar-refractivity contribution in [2.24, 2.45) is 0 Å². The van der Waals surface area contributed by atoms with Crippen molar-refractivity contribution in [1.29, 1.82) is 0 Å². The number of ether oxygens (including phenoxy) is 2. The highest BCUT2D eigenvalue weighted by Crippen LogP contribution is 2.35. The summed E-state index contributed by atoms with van der Waals surface area (Å²) < 4.78 is 95.9. The Balaban J connectivity index is 2.48. The van der Waals surface area contributed by atoms with E-state index in [9.17, 15) is 40.3 Å². The average Bonchev–Trinajstić information content (AvgIpc) is 2.53. The number of rotatable bonds is 7. The molecule has 0 N–H and O–H groups in total. The summed E-state index contributed by atoms with van der Waals surface area (Å²) in [5, 5.41) is -0.248. The third kappa shape index (κ3) is 6.36. The lowest BCUT2D eigenvalue weighted by atomic mass is 10.2. The summed E-state index contributed by atoms with van der Waals surface area (Å²) in [7, 11) is 0. The molecule has 4 nitrogen and oxygen atoms in total. The van der Waals surface area contributed by atoms with Gasteiger partial charge < -0.3 is 9.47 Å². The van der Waals surface area contributed by atoms with Crippen molar-refractivity contribution in [1.82, 2.24) is 0 Å². The molecule has 1 atom stereocenters. The number of benzene rings is 1. The van der Waals surface area contributed by atoms with Crippen molar-refractivity contribution < 1.29 is 49.8 Å². The second kappa shape index (κ2) is 8.56. The molecule has 0 aliphatic carbocycles. The molecule has 1 aromatic rings. The minimum Gasteiger partial charge on any atom is -0.459 e. The van der Waals surface area contributed by atoms with Crippen LogP contribution in [-0.2, 0) is 14.3 Å². The minimum absolute atomic E-state index is 0.248. The van der Waals surface area contributed by atoms with Crippen LogP contribution in [0.1, 0.15) is 12.8 Å². The molecular formula is C14H10ClF7O4. The van der Waals surface area contributed by atoms with Crippen LogP contribution >= 0.6 is 11.6 Å². The molecule has 1 unspecified atom stereocenters. The molecular weight excluding hydrogens is 401 g/mol. The van der Waals surface area contributed by atoms with Crippen LogP contribution in [0.3, 0.4) is 0 Å². The van der Waals surface area contributed by atoms with E-state index in [0.717, 1.165) is 6.07 Å². The summed E-state index contributed by atoms with van der Waals surface area (Å²) in [4.78, 5) is 22.6. The molecule has 0 aliphatic rings. The van der Waals surface area contributed by atoms with E-state index in [1.807, 2.05) is 0 Å². The molecule has 0 aliphatic heterocycles. The highest BCUT2D eigenvalue weighted by atomic mass is 35.5. The zero-order valence-electron chi connectivity index (χ0n) is 12.6. The largest absolute Gasteiger partial charge is 0.459 e. The van der Waals surface area contributed by atoms with Crippen LogP contribution in [0, 0.1) is 5.82 Å². The van der Waals surface area contributed by atoms with Gasteiger partial charge in [-0.2, -0.15) is 22.0 Å². The quantitative estimate of drug-likeness (QED) is 0.383. The number of para-hydroxylation sites is 1. The Hall–Kier alpha value is -2.04. The average molecular weight is 411 g/mol. The van der Waals surface area contributed by atoms with Gasteiger partial charge in [-0.05, 0) is 12.1 Å². The number of carbonyl (C=O) groups is 2. The first kappa shape index (κ1) is 22.0. The molecule has 0 amide bonds. The molecule has 12 heteroatoms. The summed E-state index contributed by atoms with van der Waals surface area (Å²) in [6, 6.07) is 3.36. The zero-order valence-corrected chi connectivity index (χ0v) is 13.3. The maximum Gasteiger partial charge on any atom is 0.425 e. The smallest absolute Gasteiger partial charge is 0.425 e. The van der Waals surface area contributed by atoms with Crippen molar-refractivity contribution >= 4 is 23.5 Å². The highest BCUT2D eigenvalue weighted by molar-refractivity contribution is 6.32. The fraction of sp³-hybridized carbons (Fsp3) is 0.429. The van der Waals surface area contributed by atoms with E-state index < -0.39 is 61.2 Å². The summed E-state index contributed by atoms with van der Waals surface area (Å²) in [5.74, 6) is -9.27. The predicted octanol–water partition coefficient (Wildman–Crippen LogP) is 4.24. The molecule has 26 heavy (non-hydrogen) atoms. The summed E-state index contributed by atoms with van der Waals surface area (Å²) in [5.41, 5.74) is 0. The van der Waals surface area contributed by atoms with Gasteiger partial charge in [0.15, 0.2) is 18.2 Å². The van der Waals surface area contributed by atoms with Crippen LogP contribution < -0.4 is 4.74 Å². The summed E-state index contributed by atoms with van der Waals surface area (Å²) in [6.07, 6.45) is -12.0. The van der Waals surface area contributed by atoms with Crippen molar-refractivity contribution in [3.63, 3.8) is 0 Å². The lowest BCUT2D eigenvalue weighted by Gasteiger charge is -2.22. The number of alkyl halides is 6. The lowest BCUT2D eigenvalue weighted by Crippen LogP contribution is -2.45. The molecule has 1 aromatic carbocycles. The third-order valence-electron chi connectivity index (χ3n) is 2.75. The fourth-order valence-corrected chi connectivity index (χ4v) is 1.71. The molecule has 0 bridgehead atoms. The van der Waals surface area contributed by atoms with Gasteiger partial charge in [0.1, 0.15) is 0 Å². The van der Waals surface area contributed by atoms with Crippen LogP contribution in [0.25, 0.3) is 0 Å². The van der Waals surface area contributed by atoms with Gasteiger partial charge in [0.05, 0.1) is 17.9 Å². The van der Waals surface area contributed by atoms with E-state index in [1.54, 1.807) is 0 Å². The highest BCUT2D eigenvalue weighted by Gasteiger charge is 2.57. The van der Waals surface area contributed by atoms with Crippen molar-refractivity contribution in [3.05, 3.63) is 29.0 Å². The van der Waals surface area contributed by atoms with Gasteiger partial charge in [0.2, 0.25) is 0 Å². The first-order chi connectivity index (χ1) is 11.8. The standard InChI is InChI=1S/C14H10ClF7O4/c15-7-2-1-3-8(16)11(7)26-10(24)5-4-9(23)25-6-13(18,19)12(17)14(20,21)22/h1-3,12H,4-6H2. The number of carbonyl (C=O) groups excluding carboxylic acids is 2. The Bertz CT molecular complexity index is 643. The molecule has 0 radical (unpaired) electrons. The second-order valence-electron chi connectivity index (χ2n) is 4.85. The van der Waals surface area contributed by atoms with Gasteiger partial charge in [-0.1, -0.05) is 17.7 Å². The van der Waals surface area contributed by atoms with Crippen LogP contribution in [0.5, 0.6) is 5.75 Å². The van der Waals surface area contributed by atoms with Crippen LogP contribution in [-0.4, -0.2) is 36.8 Å². The van der Waals surface area contributed by atoms with Gasteiger partial charge in [-0.15, -0.1) is 0 Å². The van der Waals surface area contributed by atoms with E-state index in [0.29, 0.717) is 0 Å². The van der Waals surface area contributed by atoms with Crippen molar-refractivity contribution in [2.45, 2.75) is 31.1 Å². The number of esters is 2. The van der Waals surface area contributed by atoms with Crippen molar-refractivity contribution in [2.75, 3.05) is 6.61 Å². The Morgan fingerprint density at radius 2 is 1.65 bits per heavy atom. The van der Waals surface area contributed by atoms with E-state index >= 15 is 0 Å². The van der Waals surface area contributed by atoms with E-state index in [2.05, 4.69) is 9.47 Å². The zero-order chi connectivity index (χ0) is 20.1. The van der Waals surface area contributed by atoms with Gasteiger partial charge in [0.25, 0.3) is 6.17 Å². The molecule has 0 aromatic heterocycles. The maximum atomic E-state index is 13.4. The van der Waals surface area contributed by atoms with Gasteiger partial charge in [-0.3, -0.25) is 9.59 Å². The number of hydrogen-bond acceptors (Lipinski definition) is 4. The Morgan fingerprint density at radius 1 is 1.08 bits per heavy atom. The summed E-state index contributed by atoms with van der Waals surface area (Å²) >= 11 is 5.58. The first-order valence-corrected chi connectivity index (χ1v) is 7.11. The fourth-order valence-electron chi connectivity index (χ4n) is 1.51. The molecule has 1 rings (SSSR count). The monoisotopic (exact) mass is 410 g/mol. The van der Waals surface area contributed by atoms with E-state index in [4.69, 9.17) is 11.6 Å². The van der Waals surface area contributed by atoms with E-state index in [1.165, 1.54) is 12.1 Å². The Morgan fingerprint density at radius 3 is 2.19 bits per heavy atom. The molecule has 0 saturated carbocycles. The second-order valence-corrected chi connectivity index (χ2v) is 5.26. The van der Waals surface area contributed by atoms with Gasteiger partial charge in [-0.25, -0.2) is 8.78 Å². The van der Waals surface area contributed by atoms with Gasteiger partial charge >= 0.3 is 24.0 Å². The molecule has 0 saturated heterocycles.